The van der Waals surface area contributed by atoms with Gasteiger partial charge in [-0.15, -0.1) is 0 Å². The summed E-state index contributed by atoms with van der Waals surface area (Å²) in [5.74, 6) is -1.06. The summed E-state index contributed by atoms with van der Waals surface area (Å²) in [5, 5.41) is 11.2. The first-order valence-corrected chi connectivity index (χ1v) is 4.90. The molecule has 1 aromatic heterocycles. The normalized spacial score (nSPS) is 12.6. The molecule has 7 heteroatoms. The molecule has 0 saturated carbocycles. The molecule has 0 saturated heterocycles. The van der Waals surface area contributed by atoms with Gasteiger partial charge < -0.3 is 20.6 Å². The second-order valence-corrected chi connectivity index (χ2v) is 3.50. The molecule has 90 valence electrons. The van der Waals surface area contributed by atoms with E-state index in [1.54, 1.807) is 18.2 Å². The smallest absolute Gasteiger partial charge is 0.408 e. The van der Waals surface area contributed by atoms with Gasteiger partial charge in [-0.2, -0.15) is 0 Å². The zero-order valence-electron chi connectivity index (χ0n) is 8.77. The topological polar surface area (TPSA) is 121 Å². The lowest BCUT2D eigenvalue weighted by Gasteiger charge is -2.09. The molecule has 1 heterocycles. The Bertz CT molecular complexity index is 601. The third kappa shape index (κ3) is 2.35. The number of nitrogens with one attached hydrogen (secondary N) is 2. The number of fused-ring (bicyclic) bond motifs is 1. The summed E-state index contributed by atoms with van der Waals surface area (Å²) in [5.41, 5.74) is 6.68. The average Bonchev–Trinajstić information content (AvgIpc) is 2.67. The number of aliphatic hydroxyl groups excluding tert-OH is 1. The Balaban J connectivity index is 2.24. The largest absolute Gasteiger partial charge is 0.417 e. The lowest BCUT2D eigenvalue weighted by atomic mass is 10.2. The maximum atomic E-state index is 11.4. The average molecular weight is 237 g/mol. The number of oxazole rings is 1. The van der Waals surface area contributed by atoms with Crippen LogP contribution in [0.1, 0.15) is 0 Å². The number of hydrogen-bond donors (Lipinski definition) is 4. The van der Waals surface area contributed by atoms with Gasteiger partial charge in [0.05, 0.1) is 12.1 Å². The van der Waals surface area contributed by atoms with Crippen molar-refractivity contribution in [2.75, 3.05) is 11.9 Å². The second kappa shape index (κ2) is 4.40. The van der Waals surface area contributed by atoms with Crippen LogP contribution in [0.15, 0.2) is 27.4 Å². The number of carbonyl (C=O) groups is 1. The highest BCUT2D eigenvalue weighted by atomic mass is 16.4. The zero-order valence-corrected chi connectivity index (χ0v) is 8.77. The highest BCUT2D eigenvalue weighted by Crippen LogP contribution is 2.16. The van der Waals surface area contributed by atoms with Crippen LogP contribution in [0, 0.1) is 0 Å². The molecule has 0 bridgehead atoms. The molecular formula is C10H11N3O4. The van der Waals surface area contributed by atoms with Crippen molar-refractivity contribution in [2.24, 2.45) is 5.73 Å². The highest BCUT2D eigenvalue weighted by Gasteiger charge is 2.12. The van der Waals surface area contributed by atoms with Crippen molar-refractivity contribution in [3.05, 3.63) is 28.7 Å². The molecule has 0 radical (unpaired) electrons. The van der Waals surface area contributed by atoms with E-state index >= 15 is 0 Å². The van der Waals surface area contributed by atoms with E-state index < -0.39 is 24.3 Å². The molecule has 0 spiro atoms. The van der Waals surface area contributed by atoms with E-state index in [1.807, 2.05) is 0 Å². The Kier molecular flexibility index (Phi) is 2.94. The van der Waals surface area contributed by atoms with Crippen molar-refractivity contribution in [2.45, 2.75) is 6.04 Å². The molecule has 2 aromatic rings. The fraction of sp³-hybridized carbons (Fsp3) is 0.200. The number of rotatable bonds is 3. The van der Waals surface area contributed by atoms with E-state index in [9.17, 15) is 9.59 Å². The summed E-state index contributed by atoms with van der Waals surface area (Å²) < 4.78 is 4.81. The van der Waals surface area contributed by atoms with Crippen molar-refractivity contribution in [3.8, 4) is 0 Å². The van der Waals surface area contributed by atoms with Gasteiger partial charge in [0.25, 0.3) is 0 Å². The molecule has 0 aliphatic heterocycles. The maximum Gasteiger partial charge on any atom is 0.417 e. The van der Waals surface area contributed by atoms with Gasteiger partial charge >= 0.3 is 5.76 Å². The van der Waals surface area contributed by atoms with Crippen molar-refractivity contribution < 1.29 is 14.3 Å². The number of H-pyrrole nitrogens is 1. The summed E-state index contributed by atoms with van der Waals surface area (Å²) in [6.45, 7) is -0.434. The van der Waals surface area contributed by atoms with Gasteiger partial charge in [-0.05, 0) is 18.2 Å². The summed E-state index contributed by atoms with van der Waals surface area (Å²) in [6.07, 6.45) is 0. The van der Waals surface area contributed by atoms with Gasteiger partial charge in [0.15, 0.2) is 5.58 Å². The Labute approximate surface area is 95.2 Å². The number of benzene rings is 1. The van der Waals surface area contributed by atoms with Crippen molar-refractivity contribution in [3.63, 3.8) is 0 Å². The number of hydrogen-bond acceptors (Lipinski definition) is 5. The summed E-state index contributed by atoms with van der Waals surface area (Å²) in [7, 11) is 0. The molecule has 1 unspecified atom stereocenters. The molecule has 0 aliphatic carbocycles. The van der Waals surface area contributed by atoms with Crippen LogP contribution in [0.3, 0.4) is 0 Å². The number of aromatic nitrogens is 1. The summed E-state index contributed by atoms with van der Waals surface area (Å²) in [6, 6.07) is 3.69. The first-order valence-electron chi connectivity index (χ1n) is 4.90. The molecule has 5 N–H and O–H groups in total. The molecule has 1 aromatic carbocycles. The number of nitrogens with two attached hydrogens (primary N) is 1. The van der Waals surface area contributed by atoms with Crippen molar-refractivity contribution in [1.82, 2.24) is 4.98 Å². The third-order valence-corrected chi connectivity index (χ3v) is 2.22. The Morgan fingerprint density at radius 3 is 3.06 bits per heavy atom. The monoisotopic (exact) mass is 237 g/mol. The predicted molar refractivity (Wildman–Crippen MR) is 60.5 cm³/mol. The number of aromatic amines is 1. The quantitative estimate of drug-likeness (QED) is 0.566. The Morgan fingerprint density at radius 1 is 1.59 bits per heavy atom. The van der Waals surface area contributed by atoms with Crippen LogP contribution in [0.4, 0.5) is 5.69 Å². The first kappa shape index (κ1) is 11.4. The second-order valence-electron chi connectivity index (χ2n) is 3.50. The van der Waals surface area contributed by atoms with Crippen LogP contribution in [0.25, 0.3) is 11.1 Å². The van der Waals surface area contributed by atoms with Crippen molar-refractivity contribution in [1.29, 1.82) is 0 Å². The summed E-state index contributed by atoms with van der Waals surface area (Å²) >= 11 is 0. The fourth-order valence-electron chi connectivity index (χ4n) is 1.35. The number of anilines is 1. The summed E-state index contributed by atoms with van der Waals surface area (Å²) in [4.78, 5) is 24.8. The lowest BCUT2D eigenvalue weighted by molar-refractivity contribution is -0.118. The number of amides is 1. The van der Waals surface area contributed by atoms with Crippen LogP contribution in [-0.4, -0.2) is 28.6 Å². The van der Waals surface area contributed by atoms with Crippen molar-refractivity contribution >= 4 is 22.7 Å². The molecule has 1 amide bonds. The van der Waals surface area contributed by atoms with Gasteiger partial charge in [0.2, 0.25) is 5.91 Å². The van der Waals surface area contributed by atoms with E-state index in [2.05, 4.69) is 10.3 Å². The fourth-order valence-corrected chi connectivity index (χ4v) is 1.35. The third-order valence-electron chi connectivity index (χ3n) is 2.22. The first-order chi connectivity index (χ1) is 8.10. The SMILES string of the molecule is NC(CO)C(=O)Nc1ccc2oc(=O)[nH]c2c1. The van der Waals surface area contributed by atoms with Gasteiger partial charge in [0, 0.05) is 5.69 Å². The van der Waals surface area contributed by atoms with Crippen LogP contribution in [0.5, 0.6) is 0 Å². The molecule has 1 atom stereocenters. The van der Waals surface area contributed by atoms with Crippen LogP contribution >= 0.6 is 0 Å². The number of carbonyl (C=O) groups excluding carboxylic acids is 1. The Morgan fingerprint density at radius 2 is 2.35 bits per heavy atom. The molecule has 2 rings (SSSR count). The van der Waals surface area contributed by atoms with E-state index in [1.165, 1.54) is 0 Å². The van der Waals surface area contributed by atoms with Crippen LogP contribution < -0.4 is 16.8 Å². The minimum absolute atomic E-state index is 0.402. The number of aliphatic hydroxyl groups is 1. The maximum absolute atomic E-state index is 11.4. The van der Waals surface area contributed by atoms with E-state index in [0.717, 1.165) is 0 Å². The van der Waals surface area contributed by atoms with Crippen LogP contribution in [-0.2, 0) is 4.79 Å². The molecular weight excluding hydrogens is 226 g/mol. The van der Waals surface area contributed by atoms with Crippen LogP contribution in [0.2, 0.25) is 0 Å². The van der Waals surface area contributed by atoms with Gasteiger partial charge in [-0.1, -0.05) is 0 Å². The van der Waals surface area contributed by atoms with E-state index in [-0.39, 0.29) is 0 Å². The van der Waals surface area contributed by atoms with Gasteiger partial charge in [-0.25, -0.2) is 4.79 Å². The molecule has 0 aliphatic rings. The van der Waals surface area contributed by atoms with Gasteiger partial charge in [-0.3, -0.25) is 9.78 Å². The minimum Gasteiger partial charge on any atom is -0.408 e. The zero-order chi connectivity index (χ0) is 12.4. The molecule has 7 nitrogen and oxygen atoms in total. The standard InChI is InChI=1S/C10H11N3O4/c11-6(4-14)9(15)12-5-1-2-8-7(3-5)13-10(16)17-8/h1-3,6,14H,4,11H2,(H,12,15)(H,13,16). The van der Waals surface area contributed by atoms with E-state index in [4.69, 9.17) is 15.3 Å². The lowest BCUT2D eigenvalue weighted by Crippen LogP contribution is -2.38. The Hall–Kier alpha value is -2.12. The molecule has 17 heavy (non-hydrogen) atoms. The molecule has 0 fully saturated rings. The van der Waals surface area contributed by atoms with E-state index in [0.29, 0.717) is 16.8 Å². The predicted octanol–water partition coefficient (Wildman–Crippen LogP) is -0.621. The minimum atomic E-state index is -0.978. The van der Waals surface area contributed by atoms with Gasteiger partial charge in [0.1, 0.15) is 6.04 Å². The highest BCUT2D eigenvalue weighted by molar-refractivity contribution is 5.96.